The van der Waals surface area contributed by atoms with Crippen molar-refractivity contribution in [1.29, 1.82) is 0 Å². The number of fused-ring (bicyclic) bond motifs is 1. The molecule has 0 unspecified atom stereocenters. The molecule has 0 aliphatic heterocycles. The molecule has 0 atom stereocenters. The van der Waals surface area contributed by atoms with E-state index in [1.807, 2.05) is 0 Å². The quantitative estimate of drug-likeness (QED) is 0.341. The predicted octanol–water partition coefficient (Wildman–Crippen LogP) is 1.96. The second-order valence-corrected chi connectivity index (χ2v) is 5.13. The van der Waals surface area contributed by atoms with Crippen LogP contribution in [0.2, 0.25) is 0 Å². The molecule has 0 saturated heterocycles. The number of hydrogen-bond donors (Lipinski definition) is 0. The van der Waals surface area contributed by atoms with Crippen LogP contribution in [0.15, 0.2) is 24.4 Å². The van der Waals surface area contributed by atoms with Crippen molar-refractivity contribution in [3.05, 3.63) is 50.2 Å². The molecule has 0 saturated carbocycles. The summed E-state index contributed by atoms with van der Waals surface area (Å²) in [6, 6.07) is 4.86. The molecule has 10 nitrogen and oxygen atoms in total. The molecule has 0 bridgehead atoms. The van der Waals surface area contributed by atoms with Gasteiger partial charge in [-0.25, -0.2) is 4.79 Å². The highest BCUT2D eigenvalue weighted by molar-refractivity contribution is 5.92. The summed E-state index contributed by atoms with van der Waals surface area (Å²) in [6.07, 6.45) is 0.629. The van der Waals surface area contributed by atoms with Crippen LogP contribution in [0.4, 0.5) is 4.79 Å². The Labute approximate surface area is 135 Å². The van der Waals surface area contributed by atoms with Gasteiger partial charge in [-0.05, 0) is 17.7 Å². The van der Waals surface area contributed by atoms with E-state index < -0.39 is 35.0 Å². The minimum Gasteiger partial charge on any atom is -0.437 e. The SMILES string of the molecule is COC(=O)Oc1cccc2c1c(C(C[N+](=O)[O-])C[N+](=O)[O-])cn2C. The van der Waals surface area contributed by atoms with Crippen LogP contribution in [-0.2, 0) is 11.8 Å². The highest BCUT2D eigenvalue weighted by Gasteiger charge is 2.29. The first-order valence-corrected chi connectivity index (χ1v) is 6.90. The number of carbonyl (C=O) groups excluding carboxylic acids is 1. The maximum Gasteiger partial charge on any atom is 0.513 e. The Bertz CT molecular complexity index is 783. The molecule has 0 spiro atoms. The lowest BCUT2D eigenvalue weighted by molar-refractivity contribution is -0.516. The van der Waals surface area contributed by atoms with Gasteiger partial charge in [0.25, 0.3) is 0 Å². The van der Waals surface area contributed by atoms with E-state index in [2.05, 4.69) is 4.74 Å². The van der Waals surface area contributed by atoms with Gasteiger partial charge in [-0.1, -0.05) is 6.07 Å². The third kappa shape index (κ3) is 3.59. The van der Waals surface area contributed by atoms with Gasteiger partial charge in [-0.3, -0.25) is 20.2 Å². The number of hydrogen-bond acceptors (Lipinski definition) is 7. The zero-order valence-corrected chi connectivity index (χ0v) is 13.0. The average molecular weight is 337 g/mol. The highest BCUT2D eigenvalue weighted by atomic mass is 16.7. The Hall–Kier alpha value is -3.17. The maximum atomic E-state index is 11.4. The lowest BCUT2D eigenvalue weighted by Gasteiger charge is -2.10. The Morgan fingerprint density at radius 3 is 2.42 bits per heavy atom. The summed E-state index contributed by atoms with van der Waals surface area (Å²) < 4.78 is 11.2. The van der Waals surface area contributed by atoms with Crippen LogP contribution in [-0.4, -0.2) is 40.8 Å². The molecule has 1 heterocycles. The summed E-state index contributed by atoms with van der Waals surface area (Å²) >= 11 is 0. The normalized spacial score (nSPS) is 10.8. The molecule has 1 aromatic carbocycles. The van der Waals surface area contributed by atoms with E-state index in [-0.39, 0.29) is 5.75 Å². The number of nitro groups is 2. The summed E-state index contributed by atoms with van der Waals surface area (Å²) in [5.41, 5.74) is 1.00. The van der Waals surface area contributed by atoms with Crippen LogP contribution in [0.1, 0.15) is 11.5 Å². The van der Waals surface area contributed by atoms with Gasteiger partial charge < -0.3 is 14.0 Å². The van der Waals surface area contributed by atoms with E-state index in [9.17, 15) is 25.0 Å². The first-order chi connectivity index (χ1) is 11.3. The zero-order valence-electron chi connectivity index (χ0n) is 13.0. The largest absolute Gasteiger partial charge is 0.513 e. The van der Waals surface area contributed by atoms with Gasteiger partial charge in [0.2, 0.25) is 13.1 Å². The number of aryl methyl sites for hydroxylation is 1. The molecule has 10 heteroatoms. The van der Waals surface area contributed by atoms with E-state index in [0.717, 1.165) is 7.11 Å². The number of aromatic nitrogens is 1. The standard InChI is InChI=1S/C14H15N3O7/c1-15-8-10(9(6-16(19)20)7-17(21)22)13-11(15)4-3-5-12(13)24-14(18)23-2/h3-5,8-9H,6-7H2,1-2H3. The van der Waals surface area contributed by atoms with Crippen LogP contribution in [0, 0.1) is 20.2 Å². The van der Waals surface area contributed by atoms with Crippen LogP contribution in [0.3, 0.4) is 0 Å². The number of nitrogens with zero attached hydrogens (tertiary/aromatic N) is 3. The van der Waals surface area contributed by atoms with Gasteiger partial charge in [-0.2, -0.15) is 0 Å². The van der Waals surface area contributed by atoms with E-state index in [1.165, 1.54) is 6.07 Å². The second kappa shape index (κ2) is 6.94. The number of benzene rings is 1. The van der Waals surface area contributed by atoms with E-state index >= 15 is 0 Å². The Morgan fingerprint density at radius 1 is 1.25 bits per heavy atom. The Kier molecular flexibility index (Phi) is 4.97. The molecule has 1 aromatic heterocycles. The smallest absolute Gasteiger partial charge is 0.437 e. The topological polar surface area (TPSA) is 127 Å². The van der Waals surface area contributed by atoms with Crippen LogP contribution in [0.25, 0.3) is 10.9 Å². The summed E-state index contributed by atoms with van der Waals surface area (Å²) in [5.74, 6) is -0.826. The minimum absolute atomic E-state index is 0.131. The lowest BCUT2D eigenvalue weighted by atomic mass is 9.98. The van der Waals surface area contributed by atoms with Crippen molar-refractivity contribution >= 4 is 17.1 Å². The lowest BCUT2D eigenvalue weighted by Crippen LogP contribution is -2.20. The number of rotatable bonds is 6. The number of carbonyl (C=O) groups is 1. The Balaban J connectivity index is 2.60. The van der Waals surface area contributed by atoms with Crippen LogP contribution < -0.4 is 4.74 Å². The summed E-state index contributed by atoms with van der Waals surface area (Å²) in [7, 11) is 2.85. The van der Waals surface area contributed by atoms with Crippen LogP contribution >= 0.6 is 0 Å². The molecule has 0 N–H and O–H groups in total. The molecule has 0 fully saturated rings. The van der Waals surface area contributed by atoms with Crippen molar-refractivity contribution < 1.29 is 24.1 Å². The first-order valence-electron chi connectivity index (χ1n) is 6.90. The van der Waals surface area contributed by atoms with Gasteiger partial charge in [0.05, 0.1) is 12.6 Å². The van der Waals surface area contributed by atoms with Crippen molar-refractivity contribution in [2.45, 2.75) is 5.92 Å². The molecule has 24 heavy (non-hydrogen) atoms. The van der Waals surface area contributed by atoms with Crippen molar-refractivity contribution in [2.75, 3.05) is 20.2 Å². The summed E-state index contributed by atoms with van der Waals surface area (Å²) in [5, 5.41) is 22.2. The van der Waals surface area contributed by atoms with Gasteiger partial charge in [-0.15, -0.1) is 0 Å². The fourth-order valence-electron chi connectivity index (χ4n) is 2.59. The van der Waals surface area contributed by atoms with E-state index in [4.69, 9.17) is 4.74 Å². The molecule has 0 aliphatic carbocycles. The maximum absolute atomic E-state index is 11.4. The second-order valence-electron chi connectivity index (χ2n) is 5.13. The minimum atomic E-state index is -0.957. The molecule has 2 aromatic rings. The van der Waals surface area contributed by atoms with Crippen LogP contribution in [0.5, 0.6) is 5.75 Å². The average Bonchev–Trinajstić information content (AvgIpc) is 2.84. The van der Waals surface area contributed by atoms with Gasteiger partial charge in [0.15, 0.2) is 0 Å². The van der Waals surface area contributed by atoms with Crippen molar-refractivity contribution in [1.82, 2.24) is 4.57 Å². The third-order valence-corrected chi connectivity index (χ3v) is 3.54. The van der Waals surface area contributed by atoms with Gasteiger partial charge in [0.1, 0.15) is 11.7 Å². The van der Waals surface area contributed by atoms with Gasteiger partial charge in [0, 0.05) is 28.5 Å². The molecule has 0 aliphatic rings. The monoisotopic (exact) mass is 337 g/mol. The third-order valence-electron chi connectivity index (χ3n) is 3.54. The molecular weight excluding hydrogens is 322 g/mol. The summed E-state index contributed by atoms with van der Waals surface area (Å²) in [6.45, 7) is -1.21. The number of methoxy groups -OCH3 is 1. The molecule has 0 amide bonds. The summed E-state index contributed by atoms with van der Waals surface area (Å²) in [4.78, 5) is 32.0. The van der Waals surface area contributed by atoms with Gasteiger partial charge >= 0.3 is 6.16 Å². The zero-order chi connectivity index (χ0) is 17.9. The van der Waals surface area contributed by atoms with Crippen molar-refractivity contribution in [3.8, 4) is 5.75 Å². The number of ether oxygens (including phenoxy) is 2. The highest BCUT2D eigenvalue weighted by Crippen LogP contribution is 2.35. The molecule has 128 valence electrons. The fraction of sp³-hybridized carbons (Fsp3) is 0.357. The van der Waals surface area contributed by atoms with E-state index in [0.29, 0.717) is 16.5 Å². The molecule has 2 rings (SSSR count). The van der Waals surface area contributed by atoms with E-state index in [1.54, 1.807) is 29.9 Å². The van der Waals surface area contributed by atoms with Crippen molar-refractivity contribution in [3.63, 3.8) is 0 Å². The fourth-order valence-corrected chi connectivity index (χ4v) is 2.59. The van der Waals surface area contributed by atoms with Crippen molar-refractivity contribution in [2.24, 2.45) is 7.05 Å². The Morgan fingerprint density at radius 2 is 1.88 bits per heavy atom. The predicted molar refractivity (Wildman–Crippen MR) is 82.4 cm³/mol. The first kappa shape index (κ1) is 17.2. The molecular formula is C14H15N3O7. The molecule has 0 radical (unpaired) electrons.